The number of alkyl halides is 1. The van der Waals surface area contributed by atoms with Crippen molar-refractivity contribution in [3.8, 4) is 0 Å². The Kier molecular flexibility index (Phi) is 10.9. The number of esters is 1. The molecule has 0 heterocycles. The van der Waals surface area contributed by atoms with Crippen LogP contribution >= 0.6 is 11.6 Å². The second-order valence-corrected chi connectivity index (χ2v) is 9.69. The number of hydrogen-bond donors (Lipinski definition) is 2. The summed E-state index contributed by atoms with van der Waals surface area (Å²) in [5, 5.41) is 21.0. The number of carbonyl (C=O) groups is 1. The number of carbonyl (C=O) groups excluding carboxylic acids is 1. The molecule has 2 N–H and O–H groups in total. The van der Waals surface area contributed by atoms with Crippen molar-refractivity contribution in [2.75, 3.05) is 6.61 Å². The van der Waals surface area contributed by atoms with Gasteiger partial charge in [0.25, 0.3) is 0 Å². The van der Waals surface area contributed by atoms with Crippen LogP contribution in [0.5, 0.6) is 0 Å². The van der Waals surface area contributed by atoms with Gasteiger partial charge in [0.05, 0.1) is 18.8 Å². The molecular formula is C25H41ClO4. The van der Waals surface area contributed by atoms with Crippen molar-refractivity contribution in [1.82, 2.24) is 0 Å². The highest BCUT2D eigenvalue weighted by atomic mass is 35.5. The number of halogens is 1. The van der Waals surface area contributed by atoms with Crippen LogP contribution in [0.1, 0.15) is 84.5 Å². The summed E-state index contributed by atoms with van der Waals surface area (Å²) in [4.78, 5) is 11.5. The first-order valence-corrected chi connectivity index (χ1v) is 12.3. The van der Waals surface area contributed by atoms with Crippen LogP contribution in [0.25, 0.3) is 0 Å². The molecule has 2 rings (SSSR count). The highest BCUT2D eigenvalue weighted by molar-refractivity contribution is 6.21. The van der Waals surface area contributed by atoms with E-state index in [9.17, 15) is 15.0 Å². The Morgan fingerprint density at radius 1 is 1.27 bits per heavy atom. The molecule has 0 unspecified atom stereocenters. The number of rotatable bonds is 13. The van der Waals surface area contributed by atoms with E-state index in [1.54, 1.807) is 0 Å². The van der Waals surface area contributed by atoms with Crippen LogP contribution in [-0.4, -0.2) is 40.4 Å². The van der Waals surface area contributed by atoms with E-state index < -0.39 is 6.10 Å². The zero-order valence-corrected chi connectivity index (χ0v) is 19.5. The van der Waals surface area contributed by atoms with Crippen LogP contribution in [0.4, 0.5) is 0 Å². The monoisotopic (exact) mass is 440 g/mol. The van der Waals surface area contributed by atoms with Crippen molar-refractivity contribution in [1.29, 1.82) is 0 Å². The van der Waals surface area contributed by atoms with Crippen LogP contribution in [0.2, 0.25) is 0 Å². The quantitative estimate of drug-likeness (QED) is 0.170. The summed E-state index contributed by atoms with van der Waals surface area (Å²) in [7, 11) is 0. The molecule has 30 heavy (non-hydrogen) atoms. The predicted octanol–water partition coefficient (Wildman–Crippen LogP) is 5.55. The van der Waals surface area contributed by atoms with Gasteiger partial charge in [-0.3, -0.25) is 4.79 Å². The van der Waals surface area contributed by atoms with Gasteiger partial charge in [-0.25, -0.2) is 0 Å². The minimum atomic E-state index is -0.420. The SMILES string of the molecule is CCCOC(=O)CCC/C=C\C[C@@H]1[C@H](/C=C/C[C@H](O)C2(CC)CCC2)[C@H](O)C[C@@H]1Cl. The molecule has 0 aromatic rings. The zero-order valence-electron chi connectivity index (χ0n) is 18.8. The lowest BCUT2D eigenvalue weighted by Gasteiger charge is -2.45. The molecule has 2 fully saturated rings. The molecule has 0 spiro atoms. The number of allylic oxidation sites excluding steroid dienone is 2. The summed E-state index contributed by atoms with van der Waals surface area (Å²) in [5.41, 5.74) is 0.110. The summed E-state index contributed by atoms with van der Waals surface area (Å²) in [5.74, 6) is 0.112. The molecule has 0 aromatic carbocycles. The maximum atomic E-state index is 11.5. The lowest BCUT2D eigenvalue weighted by atomic mass is 9.63. The maximum absolute atomic E-state index is 11.5. The Hall–Kier alpha value is -0.840. The minimum Gasteiger partial charge on any atom is -0.466 e. The molecule has 4 nitrogen and oxygen atoms in total. The number of aliphatic hydroxyl groups is 2. The summed E-state index contributed by atoms with van der Waals surface area (Å²) in [6, 6.07) is 0. The molecule has 0 saturated heterocycles. The van der Waals surface area contributed by atoms with Gasteiger partial charge >= 0.3 is 5.97 Å². The Labute approximate surface area is 187 Å². The van der Waals surface area contributed by atoms with Gasteiger partial charge < -0.3 is 14.9 Å². The van der Waals surface area contributed by atoms with Gasteiger partial charge in [-0.15, -0.1) is 11.6 Å². The number of hydrogen-bond acceptors (Lipinski definition) is 4. The highest BCUT2D eigenvalue weighted by Crippen LogP contribution is 2.48. The van der Waals surface area contributed by atoms with E-state index in [1.807, 2.05) is 6.92 Å². The van der Waals surface area contributed by atoms with Gasteiger partial charge in [0.2, 0.25) is 0 Å². The van der Waals surface area contributed by atoms with Crippen LogP contribution in [-0.2, 0) is 9.53 Å². The van der Waals surface area contributed by atoms with Gasteiger partial charge in [0.15, 0.2) is 0 Å². The first kappa shape index (κ1) is 25.4. The van der Waals surface area contributed by atoms with Crippen molar-refractivity contribution >= 4 is 17.6 Å². The summed E-state index contributed by atoms with van der Waals surface area (Å²) < 4.78 is 5.08. The van der Waals surface area contributed by atoms with Gasteiger partial charge in [0.1, 0.15) is 0 Å². The molecule has 172 valence electrons. The number of ether oxygens (including phenoxy) is 1. The average molecular weight is 441 g/mol. The van der Waals surface area contributed by atoms with Crippen molar-refractivity contribution in [3.05, 3.63) is 24.3 Å². The maximum Gasteiger partial charge on any atom is 0.305 e. The molecule has 2 saturated carbocycles. The van der Waals surface area contributed by atoms with Crippen LogP contribution < -0.4 is 0 Å². The molecule has 5 heteroatoms. The molecule has 2 aliphatic rings. The predicted molar refractivity (Wildman–Crippen MR) is 122 cm³/mol. The molecule has 0 aromatic heterocycles. The smallest absolute Gasteiger partial charge is 0.305 e. The third kappa shape index (κ3) is 7.10. The fourth-order valence-electron chi connectivity index (χ4n) is 4.86. The topological polar surface area (TPSA) is 66.8 Å². The van der Waals surface area contributed by atoms with E-state index in [-0.39, 0.29) is 34.7 Å². The van der Waals surface area contributed by atoms with Crippen molar-refractivity contribution in [3.63, 3.8) is 0 Å². The lowest BCUT2D eigenvalue weighted by Crippen LogP contribution is -2.40. The van der Waals surface area contributed by atoms with Crippen molar-refractivity contribution in [2.24, 2.45) is 17.3 Å². The van der Waals surface area contributed by atoms with Gasteiger partial charge in [0, 0.05) is 17.7 Å². The first-order valence-electron chi connectivity index (χ1n) is 11.9. The number of unbranched alkanes of at least 4 members (excludes halogenated alkanes) is 1. The molecule has 0 amide bonds. The van der Waals surface area contributed by atoms with E-state index >= 15 is 0 Å². The summed E-state index contributed by atoms with van der Waals surface area (Å²) in [6.07, 6.45) is 17.2. The van der Waals surface area contributed by atoms with Crippen LogP contribution in [0.3, 0.4) is 0 Å². The summed E-state index contributed by atoms with van der Waals surface area (Å²) >= 11 is 6.53. The standard InChI is InChI=1S/C25H41ClO4/c1-3-17-30-24(29)14-8-6-5-7-11-19-20(22(27)18-21(19)26)12-9-13-23(28)25(4-2)15-10-16-25/h5,7,9,12,19-23,27-28H,3-4,6,8,10-11,13-18H2,1-2H3/b7-5-,12-9+/t19-,20+,21+,22-,23+/m1/s1. The Morgan fingerprint density at radius 2 is 2.03 bits per heavy atom. The molecular weight excluding hydrogens is 400 g/mol. The van der Waals surface area contributed by atoms with E-state index in [2.05, 4.69) is 31.2 Å². The molecule has 5 atom stereocenters. The molecule has 0 bridgehead atoms. The second-order valence-electron chi connectivity index (χ2n) is 9.13. The van der Waals surface area contributed by atoms with Gasteiger partial charge in [-0.2, -0.15) is 0 Å². The Bertz CT molecular complexity index is 564. The summed E-state index contributed by atoms with van der Waals surface area (Å²) in [6.45, 7) is 4.66. The number of aliphatic hydroxyl groups excluding tert-OH is 2. The third-order valence-electron chi connectivity index (χ3n) is 7.14. The van der Waals surface area contributed by atoms with E-state index in [1.165, 1.54) is 6.42 Å². The lowest BCUT2D eigenvalue weighted by molar-refractivity contribution is -0.143. The average Bonchev–Trinajstić information content (AvgIpc) is 2.95. The Morgan fingerprint density at radius 3 is 2.67 bits per heavy atom. The van der Waals surface area contributed by atoms with Gasteiger partial charge in [-0.05, 0) is 69.1 Å². The van der Waals surface area contributed by atoms with Crippen molar-refractivity contribution < 1.29 is 19.7 Å². The zero-order chi connectivity index (χ0) is 22.0. The normalized spacial score (nSPS) is 29.4. The second kappa shape index (κ2) is 12.9. The fourth-order valence-corrected chi connectivity index (χ4v) is 5.31. The van der Waals surface area contributed by atoms with E-state index in [0.29, 0.717) is 25.9 Å². The van der Waals surface area contributed by atoms with Crippen LogP contribution in [0.15, 0.2) is 24.3 Å². The van der Waals surface area contributed by atoms with E-state index in [4.69, 9.17) is 16.3 Å². The minimum absolute atomic E-state index is 0.0346. The molecule has 0 radical (unpaired) electrons. The van der Waals surface area contributed by atoms with Crippen molar-refractivity contribution in [2.45, 2.75) is 102 Å². The molecule has 0 aliphatic heterocycles. The highest BCUT2D eigenvalue weighted by Gasteiger charge is 2.42. The largest absolute Gasteiger partial charge is 0.466 e. The first-order chi connectivity index (χ1) is 14.4. The van der Waals surface area contributed by atoms with E-state index in [0.717, 1.165) is 44.9 Å². The Balaban J connectivity index is 1.76. The van der Waals surface area contributed by atoms with Gasteiger partial charge in [-0.1, -0.05) is 44.6 Å². The fraction of sp³-hybridized carbons (Fsp3) is 0.800. The van der Waals surface area contributed by atoms with Crippen LogP contribution in [0, 0.1) is 17.3 Å². The third-order valence-corrected chi connectivity index (χ3v) is 7.64. The molecule has 2 aliphatic carbocycles.